The third-order valence-corrected chi connectivity index (χ3v) is 7.74. The van der Waals surface area contributed by atoms with Crippen LogP contribution in [0, 0.1) is 0 Å². The summed E-state index contributed by atoms with van der Waals surface area (Å²) < 4.78 is 5.60. The molecule has 170 valence electrons. The maximum atomic E-state index is 12.8. The summed E-state index contributed by atoms with van der Waals surface area (Å²) in [5.41, 5.74) is 1.89. The predicted molar refractivity (Wildman–Crippen MR) is 128 cm³/mol. The van der Waals surface area contributed by atoms with E-state index in [4.69, 9.17) is 4.74 Å². The molecule has 0 saturated carbocycles. The summed E-state index contributed by atoms with van der Waals surface area (Å²) in [5, 5.41) is 2.62. The largest absolute Gasteiger partial charge is 0.439 e. The number of nitrogens with zero attached hydrogens (tertiary/aromatic N) is 4. The Labute approximate surface area is 200 Å². The first-order chi connectivity index (χ1) is 16.2. The molecule has 4 heterocycles. The Morgan fingerprint density at radius 1 is 1.12 bits per heavy atom. The first-order valence-corrected chi connectivity index (χ1v) is 12.8. The number of thioether (sulfide) groups is 1. The first-order valence-electron chi connectivity index (χ1n) is 11.0. The van der Waals surface area contributed by atoms with Crippen LogP contribution in [-0.4, -0.2) is 63.2 Å². The molecule has 33 heavy (non-hydrogen) atoms. The van der Waals surface area contributed by atoms with E-state index in [1.54, 1.807) is 17.5 Å². The van der Waals surface area contributed by atoms with Crippen molar-refractivity contribution in [1.82, 2.24) is 19.8 Å². The third kappa shape index (κ3) is 5.04. The van der Waals surface area contributed by atoms with Gasteiger partial charge in [0, 0.05) is 25.3 Å². The van der Waals surface area contributed by atoms with Crippen LogP contribution >= 0.6 is 23.1 Å². The quantitative estimate of drug-likeness (QED) is 0.382. The van der Waals surface area contributed by atoms with Crippen molar-refractivity contribution in [3.8, 4) is 10.6 Å². The van der Waals surface area contributed by atoms with E-state index >= 15 is 0 Å². The van der Waals surface area contributed by atoms with Gasteiger partial charge in [0.15, 0.2) is 5.16 Å². The lowest BCUT2D eigenvalue weighted by Crippen LogP contribution is -2.47. The summed E-state index contributed by atoms with van der Waals surface area (Å²) in [7, 11) is 0. The highest BCUT2D eigenvalue weighted by molar-refractivity contribution is 7.99. The molecule has 0 spiro atoms. The van der Waals surface area contributed by atoms with E-state index in [-0.39, 0.29) is 24.1 Å². The van der Waals surface area contributed by atoms with Crippen molar-refractivity contribution in [2.75, 3.05) is 25.4 Å². The fourth-order valence-electron chi connectivity index (χ4n) is 4.24. The summed E-state index contributed by atoms with van der Waals surface area (Å²) in [6, 6.07) is 15.8. The zero-order valence-corrected chi connectivity index (χ0v) is 19.6. The number of carbonyl (C=O) groups excluding carboxylic acids is 2. The standard InChI is InChI=1S/C24H24N4O3S2/c29-22(16-33-23-25-11-8-19(26-23)21-7-4-14-32-21)27-12-9-18(10-13-27)28-15-20(31-24(28)30)17-5-2-1-3-6-17/h1-8,11,14,18,20H,9-10,12-13,15-16H2. The summed E-state index contributed by atoms with van der Waals surface area (Å²) >= 11 is 2.99. The number of rotatable bonds is 6. The van der Waals surface area contributed by atoms with E-state index in [2.05, 4.69) is 9.97 Å². The molecular weight excluding hydrogens is 456 g/mol. The SMILES string of the molecule is O=C(CSc1nccc(-c2cccs2)n1)N1CCC(N2CC(c3ccccc3)OC2=O)CC1. The van der Waals surface area contributed by atoms with Crippen LogP contribution in [0.5, 0.6) is 0 Å². The van der Waals surface area contributed by atoms with Crippen LogP contribution in [0.2, 0.25) is 0 Å². The predicted octanol–water partition coefficient (Wildman–Crippen LogP) is 4.48. The molecule has 1 aromatic carbocycles. The lowest BCUT2D eigenvalue weighted by molar-refractivity contribution is -0.129. The number of cyclic esters (lactones) is 1. The number of aromatic nitrogens is 2. The van der Waals surface area contributed by atoms with Gasteiger partial charge in [-0.15, -0.1) is 11.3 Å². The van der Waals surface area contributed by atoms with Crippen LogP contribution in [0.25, 0.3) is 10.6 Å². The Morgan fingerprint density at radius 3 is 2.70 bits per heavy atom. The lowest BCUT2D eigenvalue weighted by Gasteiger charge is -2.35. The molecule has 0 bridgehead atoms. The van der Waals surface area contributed by atoms with Crippen molar-refractivity contribution in [1.29, 1.82) is 0 Å². The van der Waals surface area contributed by atoms with E-state index in [1.807, 2.05) is 63.7 Å². The van der Waals surface area contributed by atoms with Crippen molar-refractivity contribution in [3.63, 3.8) is 0 Å². The van der Waals surface area contributed by atoms with Crippen LogP contribution in [0.15, 0.2) is 65.3 Å². The smallest absolute Gasteiger partial charge is 0.410 e. The fraction of sp³-hybridized carbons (Fsp3) is 0.333. The number of hydrogen-bond donors (Lipinski definition) is 0. The molecule has 2 aliphatic rings. The van der Waals surface area contributed by atoms with Crippen LogP contribution in [-0.2, 0) is 9.53 Å². The van der Waals surface area contributed by atoms with Gasteiger partial charge in [0.25, 0.3) is 0 Å². The van der Waals surface area contributed by atoms with Gasteiger partial charge in [-0.25, -0.2) is 14.8 Å². The van der Waals surface area contributed by atoms with E-state index in [0.717, 1.165) is 29.0 Å². The van der Waals surface area contributed by atoms with Crippen molar-refractivity contribution < 1.29 is 14.3 Å². The first kappa shape index (κ1) is 21.9. The second kappa shape index (κ2) is 9.93. The van der Waals surface area contributed by atoms with E-state index < -0.39 is 0 Å². The molecule has 1 atom stereocenters. The number of carbonyl (C=O) groups is 2. The molecule has 2 fully saturated rings. The molecule has 9 heteroatoms. The molecule has 1 unspecified atom stereocenters. The molecule has 2 aromatic heterocycles. The van der Waals surface area contributed by atoms with Crippen LogP contribution in [0.4, 0.5) is 4.79 Å². The molecule has 2 aliphatic heterocycles. The Morgan fingerprint density at radius 2 is 1.94 bits per heavy atom. The fourth-order valence-corrected chi connectivity index (χ4v) is 5.66. The molecule has 7 nitrogen and oxygen atoms in total. The Hall–Kier alpha value is -2.91. The van der Waals surface area contributed by atoms with Gasteiger partial charge < -0.3 is 14.5 Å². The number of likely N-dealkylation sites (tertiary alicyclic amines) is 1. The second-order valence-electron chi connectivity index (χ2n) is 8.04. The minimum atomic E-state index is -0.257. The number of ether oxygens (including phenoxy) is 1. The van der Waals surface area contributed by atoms with Gasteiger partial charge in [-0.05, 0) is 35.9 Å². The van der Waals surface area contributed by atoms with Gasteiger partial charge in [-0.3, -0.25) is 4.79 Å². The van der Waals surface area contributed by atoms with E-state index in [9.17, 15) is 9.59 Å². The minimum Gasteiger partial charge on any atom is -0.439 e. The van der Waals surface area contributed by atoms with Gasteiger partial charge in [-0.1, -0.05) is 48.2 Å². The molecular formula is C24H24N4O3S2. The number of thiophene rings is 1. The average Bonchev–Trinajstić information content (AvgIpc) is 3.54. The van der Waals surface area contributed by atoms with Crippen LogP contribution < -0.4 is 0 Å². The summed E-state index contributed by atoms with van der Waals surface area (Å²) in [5.74, 6) is 0.384. The zero-order valence-electron chi connectivity index (χ0n) is 18.0. The molecule has 2 saturated heterocycles. The number of piperidine rings is 1. The second-order valence-corrected chi connectivity index (χ2v) is 9.93. The van der Waals surface area contributed by atoms with Crippen molar-refractivity contribution in [3.05, 3.63) is 65.7 Å². The summed E-state index contributed by atoms with van der Waals surface area (Å²) in [6.07, 6.45) is 2.78. The van der Waals surface area contributed by atoms with Gasteiger partial charge in [0.2, 0.25) is 5.91 Å². The lowest BCUT2D eigenvalue weighted by atomic mass is 10.0. The third-order valence-electron chi connectivity index (χ3n) is 6.00. The maximum absolute atomic E-state index is 12.8. The molecule has 0 radical (unpaired) electrons. The number of benzene rings is 1. The minimum absolute atomic E-state index is 0.0785. The van der Waals surface area contributed by atoms with Gasteiger partial charge in [0.05, 0.1) is 22.9 Å². The highest BCUT2D eigenvalue weighted by Gasteiger charge is 2.38. The normalized spacial score (nSPS) is 19.0. The Bertz CT molecular complexity index is 1100. The van der Waals surface area contributed by atoms with E-state index in [0.29, 0.717) is 30.5 Å². The molecule has 0 N–H and O–H groups in total. The zero-order chi connectivity index (χ0) is 22.6. The molecule has 3 aromatic rings. The molecule has 5 rings (SSSR count). The highest BCUT2D eigenvalue weighted by atomic mass is 32.2. The Balaban J connectivity index is 1.11. The maximum Gasteiger partial charge on any atom is 0.410 e. The van der Waals surface area contributed by atoms with Crippen LogP contribution in [0.1, 0.15) is 24.5 Å². The van der Waals surface area contributed by atoms with Crippen molar-refractivity contribution in [2.45, 2.75) is 30.1 Å². The summed E-state index contributed by atoms with van der Waals surface area (Å²) in [4.78, 5) is 38.9. The number of hydrogen-bond acceptors (Lipinski definition) is 7. The average molecular weight is 481 g/mol. The molecule has 0 aliphatic carbocycles. The van der Waals surface area contributed by atoms with Gasteiger partial charge in [0.1, 0.15) is 6.10 Å². The number of amides is 2. The Kier molecular flexibility index (Phi) is 6.59. The molecule has 2 amide bonds. The summed E-state index contributed by atoms with van der Waals surface area (Å²) in [6.45, 7) is 1.84. The van der Waals surface area contributed by atoms with Crippen LogP contribution in [0.3, 0.4) is 0 Å². The van der Waals surface area contributed by atoms with Crippen molar-refractivity contribution in [2.24, 2.45) is 0 Å². The van der Waals surface area contributed by atoms with Gasteiger partial charge >= 0.3 is 6.09 Å². The topological polar surface area (TPSA) is 75.6 Å². The monoisotopic (exact) mass is 480 g/mol. The highest BCUT2D eigenvalue weighted by Crippen LogP contribution is 2.30. The van der Waals surface area contributed by atoms with Crippen molar-refractivity contribution >= 4 is 35.1 Å². The van der Waals surface area contributed by atoms with Gasteiger partial charge in [-0.2, -0.15) is 0 Å². The van der Waals surface area contributed by atoms with E-state index in [1.165, 1.54) is 11.8 Å².